The highest BCUT2D eigenvalue weighted by Crippen LogP contribution is 2.33. The van der Waals surface area contributed by atoms with Crippen LogP contribution in [0, 0.1) is 11.8 Å². The molecule has 0 N–H and O–H groups in total. The van der Waals surface area contributed by atoms with Crippen LogP contribution in [-0.4, -0.2) is 43.5 Å². The summed E-state index contributed by atoms with van der Waals surface area (Å²) in [5, 5.41) is 0.461. The molecule has 0 spiro atoms. The van der Waals surface area contributed by atoms with Crippen LogP contribution >= 0.6 is 11.6 Å². The number of hydrogen-bond acceptors (Lipinski definition) is 3. The molecular formula is C18H23ClN2O3. The number of amides is 2. The van der Waals surface area contributed by atoms with Crippen LogP contribution in [0.4, 0.5) is 5.69 Å². The fourth-order valence-electron chi connectivity index (χ4n) is 3.43. The number of piperidine rings is 1. The first-order valence-corrected chi connectivity index (χ1v) is 8.80. The van der Waals surface area contributed by atoms with Gasteiger partial charge in [0.1, 0.15) is 5.75 Å². The van der Waals surface area contributed by atoms with Crippen molar-refractivity contribution in [2.24, 2.45) is 11.8 Å². The normalized spacial score (nSPS) is 22.1. The summed E-state index contributed by atoms with van der Waals surface area (Å²) in [6.45, 7) is 4.25. The molecule has 1 aromatic rings. The Labute approximate surface area is 147 Å². The number of benzene rings is 1. The van der Waals surface area contributed by atoms with Gasteiger partial charge in [0.2, 0.25) is 11.8 Å². The van der Waals surface area contributed by atoms with Gasteiger partial charge in [-0.1, -0.05) is 18.5 Å². The van der Waals surface area contributed by atoms with Crippen molar-refractivity contribution in [3.63, 3.8) is 0 Å². The molecule has 130 valence electrons. The Morgan fingerprint density at radius 1 is 1.29 bits per heavy atom. The van der Waals surface area contributed by atoms with E-state index in [-0.39, 0.29) is 24.2 Å². The zero-order chi connectivity index (χ0) is 17.3. The van der Waals surface area contributed by atoms with E-state index in [4.69, 9.17) is 16.3 Å². The maximum atomic E-state index is 12.7. The number of ether oxygens (including phenoxy) is 1. The van der Waals surface area contributed by atoms with E-state index in [9.17, 15) is 9.59 Å². The molecule has 0 radical (unpaired) electrons. The van der Waals surface area contributed by atoms with Gasteiger partial charge in [0.05, 0.1) is 18.1 Å². The van der Waals surface area contributed by atoms with E-state index in [1.807, 2.05) is 4.90 Å². The Kier molecular flexibility index (Phi) is 4.99. The lowest BCUT2D eigenvalue weighted by atomic mass is 9.97. The van der Waals surface area contributed by atoms with Crippen LogP contribution in [0.25, 0.3) is 0 Å². The average molecular weight is 351 g/mol. The van der Waals surface area contributed by atoms with Crippen LogP contribution in [0.1, 0.15) is 26.2 Å². The van der Waals surface area contributed by atoms with Gasteiger partial charge < -0.3 is 14.5 Å². The minimum absolute atomic E-state index is 0.0278. The summed E-state index contributed by atoms with van der Waals surface area (Å²) in [5.74, 6) is 1.07. The topological polar surface area (TPSA) is 49.9 Å². The van der Waals surface area contributed by atoms with Crippen molar-refractivity contribution in [3.05, 3.63) is 23.2 Å². The van der Waals surface area contributed by atoms with E-state index in [0.29, 0.717) is 28.9 Å². The predicted octanol–water partition coefficient (Wildman–Crippen LogP) is 2.96. The Hall–Kier alpha value is -1.75. The number of rotatable bonds is 3. The van der Waals surface area contributed by atoms with Crippen molar-refractivity contribution in [3.8, 4) is 5.75 Å². The Bertz CT molecular complexity index is 641. The molecule has 2 amide bonds. The van der Waals surface area contributed by atoms with Gasteiger partial charge in [-0.3, -0.25) is 9.59 Å². The smallest absolute Gasteiger partial charge is 0.228 e. The molecule has 5 nitrogen and oxygen atoms in total. The van der Waals surface area contributed by atoms with E-state index in [0.717, 1.165) is 25.9 Å². The largest absolute Gasteiger partial charge is 0.495 e. The number of likely N-dealkylation sites (tertiary alicyclic amines) is 1. The maximum absolute atomic E-state index is 12.7. The van der Waals surface area contributed by atoms with Crippen molar-refractivity contribution in [1.82, 2.24) is 4.90 Å². The van der Waals surface area contributed by atoms with Gasteiger partial charge in [-0.2, -0.15) is 0 Å². The number of methoxy groups -OCH3 is 1. The summed E-state index contributed by atoms with van der Waals surface area (Å²) in [4.78, 5) is 28.6. The zero-order valence-electron chi connectivity index (χ0n) is 14.1. The first kappa shape index (κ1) is 17.1. The number of anilines is 1. The lowest BCUT2D eigenvalue weighted by Crippen LogP contribution is -2.42. The van der Waals surface area contributed by atoms with E-state index in [1.165, 1.54) is 0 Å². The minimum atomic E-state index is -0.258. The van der Waals surface area contributed by atoms with Crippen molar-refractivity contribution in [2.45, 2.75) is 26.2 Å². The second-order valence-corrected chi connectivity index (χ2v) is 7.14. The third-order valence-electron chi connectivity index (χ3n) is 5.02. The lowest BCUT2D eigenvalue weighted by molar-refractivity contribution is -0.137. The van der Waals surface area contributed by atoms with E-state index >= 15 is 0 Å². The summed E-state index contributed by atoms with van der Waals surface area (Å²) in [5.41, 5.74) is 0.716. The Morgan fingerprint density at radius 3 is 2.62 bits per heavy atom. The van der Waals surface area contributed by atoms with Gasteiger partial charge in [-0.25, -0.2) is 0 Å². The van der Waals surface area contributed by atoms with Crippen LogP contribution in [0.15, 0.2) is 18.2 Å². The molecule has 24 heavy (non-hydrogen) atoms. The molecule has 1 unspecified atom stereocenters. The number of carbonyl (C=O) groups is 2. The van der Waals surface area contributed by atoms with Crippen molar-refractivity contribution >= 4 is 29.1 Å². The Balaban J connectivity index is 1.69. The SMILES string of the molecule is COc1ccc(N2CC(C(=O)N3CCC(C)CC3)CC2=O)cc1Cl. The number of halogens is 1. The molecule has 2 aliphatic heterocycles. The third kappa shape index (κ3) is 3.36. The molecule has 0 bridgehead atoms. The summed E-state index contributed by atoms with van der Waals surface area (Å²) in [7, 11) is 1.55. The minimum Gasteiger partial charge on any atom is -0.495 e. The molecule has 1 atom stereocenters. The molecule has 0 saturated carbocycles. The summed E-state index contributed by atoms with van der Waals surface area (Å²) in [6, 6.07) is 5.26. The van der Waals surface area contributed by atoms with Gasteiger partial charge in [0, 0.05) is 31.7 Å². The van der Waals surface area contributed by atoms with Crippen LogP contribution in [0.3, 0.4) is 0 Å². The van der Waals surface area contributed by atoms with Gasteiger partial charge >= 0.3 is 0 Å². The molecule has 0 aliphatic carbocycles. The van der Waals surface area contributed by atoms with Gasteiger partial charge in [-0.05, 0) is 37.0 Å². The first-order chi connectivity index (χ1) is 11.5. The summed E-state index contributed by atoms with van der Waals surface area (Å²) >= 11 is 6.15. The molecule has 3 rings (SSSR count). The van der Waals surface area contributed by atoms with Crippen molar-refractivity contribution in [2.75, 3.05) is 31.6 Å². The Morgan fingerprint density at radius 2 is 2.00 bits per heavy atom. The highest BCUT2D eigenvalue weighted by Gasteiger charge is 2.37. The molecule has 2 fully saturated rings. The number of nitrogens with zero attached hydrogens (tertiary/aromatic N) is 2. The van der Waals surface area contributed by atoms with Crippen LogP contribution in [0.5, 0.6) is 5.75 Å². The lowest BCUT2D eigenvalue weighted by Gasteiger charge is -2.32. The maximum Gasteiger partial charge on any atom is 0.228 e. The number of carbonyl (C=O) groups excluding carboxylic acids is 2. The van der Waals surface area contributed by atoms with Gasteiger partial charge in [0.25, 0.3) is 0 Å². The second-order valence-electron chi connectivity index (χ2n) is 6.73. The summed E-state index contributed by atoms with van der Waals surface area (Å²) in [6.07, 6.45) is 2.36. The van der Waals surface area contributed by atoms with E-state index in [1.54, 1.807) is 30.2 Å². The van der Waals surface area contributed by atoms with Gasteiger partial charge in [0.15, 0.2) is 0 Å². The number of hydrogen-bond donors (Lipinski definition) is 0. The zero-order valence-corrected chi connectivity index (χ0v) is 14.9. The second kappa shape index (κ2) is 7.01. The molecule has 0 aromatic heterocycles. The third-order valence-corrected chi connectivity index (χ3v) is 5.31. The van der Waals surface area contributed by atoms with Crippen LogP contribution < -0.4 is 9.64 Å². The predicted molar refractivity (Wildman–Crippen MR) is 93.4 cm³/mol. The fraction of sp³-hybridized carbons (Fsp3) is 0.556. The fourth-order valence-corrected chi connectivity index (χ4v) is 3.68. The van der Waals surface area contributed by atoms with Gasteiger partial charge in [-0.15, -0.1) is 0 Å². The first-order valence-electron chi connectivity index (χ1n) is 8.42. The molecule has 1 aromatic carbocycles. The van der Waals surface area contributed by atoms with Crippen LogP contribution in [0.2, 0.25) is 5.02 Å². The average Bonchev–Trinajstić information content (AvgIpc) is 2.96. The van der Waals surface area contributed by atoms with Crippen molar-refractivity contribution < 1.29 is 14.3 Å². The molecule has 6 heteroatoms. The summed E-state index contributed by atoms with van der Waals surface area (Å²) < 4.78 is 5.14. The van der Waals surface area contributed by atoms with Crippen LogP contribution in [-0.2, 0) is 9.59 Å². The molecule has 2 heterocycles. The molecule has 2 saturated heterocycles. The monoisotopic (exact) mass is 350 g/mol. The van der Waals surface area contributed by atoms with Crippen molar-refractivity contribution in [1.29, 1.82) is 0 Å². The highest BCUT2D eigenvalue weighted by atomic mass is 35.5. The highest BCUT2D eigenvalue weighted by molar-refractivity contribution is 6.32. The molecule has 2 aliphatic rings. The van der Waals surface area contributed by atoms with E-state index < -0.39 is 0 Å². The standard InChI is InChI=1S/C18H23ClN2O3/c1-12-5-7-20(8-6-12)18(23)13-9-17(22)21(11-13)14-3-4-16(24-2)15(19)10-14/h3-4,10,12-13H,5-9,11H2,1-2H3. The quantitative estimate of drug-likeness (QED) is 0.842. The molecular weight excluding hydrogens is 328 g/mol. The van der Waals surface area contributed by atoms with E-state index in [2.05, 4.69) is 6.92 Å².